The molecule has 0 aliphatic heterocycles. The van der Waals surface area contributed by atoms with Gasteiger partial charge in [-0.1, -0.05) is 29.8 Å². The molecule has 0 bridgehead atoms. The lowest BCUT2D eigenvalue weighted by Crippen LogP contribution is -2.18. The van der Waals surface area contributed by atoms with Gasteiger partial charge in [-0.2, -0.15) is 0 Å². The summed E-state index contributed by atoms with van der Waals surface area (Å²) in [5.41, 5.74) is 0.915. The van der Waals surface area contributed by atoms with Gasteiger partial charge in [0.1, 0.15) is 11.5 Å². The topological polar surface area (TPSA) is 41.5 Å². The van der Waals surface area contributed by atoms with E-state index >= 15 is 0 Å². The van der Waals surface area contributed by atoms with Crippen molar-refractivity contribution in [1.82, 2.24) is 0 Å². The highest BCUT2D eigenvalue weighted by atomic mass is 35.5. The van der Waals surface area contributed by atoms with Crippen molar-refractivity contribution < 1.29 is 23.0 Å². The van der Waals surface area contributed by atoms with Crippen molar-refractivity contribution in [3.63, 3.8) is 0 Å². The quantitative estimate of drug-likeness (QED) is 0.812. The molecule has 0 radical (unpaired) electrons. The molecular formula is C14H11ClF3NO2. The Bertz CT molecular complexity index is 632. The fourth-order valence-electron chi connectivity index (χ4n) is 1.69. The van der Waals surface area contributed by atoms with Crippen LogP contribution in [0.5, 0.6) is 11.5 Å². The van der Waals surface area contributed by atoms with Crippen molar-refractivity contribution in [3.05, 3.63) is 53.1 Å². The standard InChI is InChI=1S/C14H11ClF3NO2/c15-11-7-10(5-6-12(11)20)19-8-9-3-1-2-4-13(9)21-14(16,17)18/h1-7,19-20H,8H2. The van der Waals surface area contributed by atoms with E-state index in [1.54, 1.807) is 12.1 Å². The SMILES string of the molecule is Oc1ccc(NCc2ccccc2OC(F)(F)F)cc1Cl. The summed E-state index contributed by atoms with van der Waals surface area (Å²) >= 11 is 5.75. The molecule has 112 valence electrons. The number of hydrogen-bond donors (Lipinski definition) is 2. The summed E-state index contributed by atoms with van der Waals surface area (Å²) in [4.78, 5) is 0. The molecule has 7 heteroatoms. The first-order valence-electron chi connectivity index (χ1n) is 5.91. The van der Waals surface area contributed by atoms with Crippen LogP contribution in [0.15, 0.2) is 42.5 Å². The smallest absolute Gasteiger partial charge is 0.506 e. The number of phenolic OH excluding ortho intramolecular Hbond substituents is 1. The third-order valence-corrected chi connectivity index (χ3v) is 2.93. The predicted molar refractivity (Wildman–Crippen MR) is 73.6 cm³/mol. The third-order valence-electron chi connectivity index (χ3n) is 2.63. The number of nitrogens with one attached hydrogen (secondary N) is 1. The number of para-hydroxylation sites is 1. The van der Waals surface area contributed by atoms with Crippen LogP contribution in [0.3, 0.4) is 0 Å². The van der Waals surface area contributed by atoms with Crippen LogP contribution in [0.4, 0.5) is 18.9 Å². The average Bonchev–Trinajstić information content (AvgIpc) is 2.40. The minimum atomic E-state index is -4.74. The van der Waals surface area contributed by atoms with E-state index in [2.05, 4.69) is 10.1 Å². The number of aromatic hydroxyl groups is 1. The second-order valence-corrected chi connectivity index (χ2v) is 4.58. The van der Waals surface area contributed by atoms with E-state index in [0.717, 1.165) is 0 Å². The van der Waals surface area contributed by atoms with Crippen LogP contribution in [0.2, 0.25) is 5.02 Å². The van der Waals surface area contributed by atoms with Crippen molar-refractivity contribution in [2.24, 2.45) is 0 Å². The maximum atomic E-state index is 12.3. The Kier molecular flexibility index (Phi) is 4.47. The second kappa shape index (κ2) is 6.13. The van der Waals surface area contributed by atoms with Gasteiger partial charge in [0, 0.05) is 17.8 Å². The first kappa shape index (κ1) is 15.3. The molecular weight excluding hydrogens is 307 g/mol. The summed E-state index contributed by atoms with van der Waals surface area (Å²) in [6, 6.07) is 10.3. The molecule has 0 spiro atoms. The summed E-state index contributed by atoms with van der Waals surface area (Å²) in [6.45, 7) is 0.118. The lowest BCUT2D eigenvalue weighted by Gasteiger charge is -2.14. The zero-order chi connectivity index (χ0) is 15.5. The van der Waals surface area contributed by atoms with E-state index in [4.69, 9.17) is 11.6 Å². The molecule has 2 aromatic rings. The normalized spacial score (nSPS) is 11.2. The van der Waals surface area contributed by atoms with Crippen LogP contribution in [0.25, 0.3) is 0 Å². The minimum absolute atomic E-state index is 0.0666. The third kappa shape index (κ3) is 4.46. The van der Waals surface area contributed by atoms with Crippen LogP contribution in [0, 0.1) is 0 Å². The number of halogens is 4. The van der Waals surface area contributed by atoms with Crippen LogP contribution in [0.1, 0.15) is 5.56 Å². The Morgan fingerprint density at radius 3 is 2.52 bits per heavy atom. The average molecular weight is 318 g/mol. The van der Waals surface area contributed by atoms with Gasteiger partial charge in [0.05, 0.1) is 5.02 Å². The molecule has 0 aliphatic carbocycles. The molecule has 3 nitrogen and oxygen atoms in total. The number of rotatable bonds is 4. The predicted octanol–water partition coefficient (Wildman–Crippen LogP) is 4.56. The molecule has 0 aromatic heterocycles. The Morgan fingerprint density at radius 1 is 1.14 bits per heavy atom. The monoisotopic (exact) mass is 317 g/mol. The second-order valence-electron chi connectivity index (χ2n) is 4.18. The van der Waals surface area contributed by atoms with Crippen molar-refractivity contribution in [2.75, 3.05) is 5.32 Å². The van der Waals surface area contributed by atoms with Gasteiger partial charge in [-0.05, 0) is 24.3 Å². The lowest BCUT2D eigenvalue weighted by molar-refractivity contribution is -0.274. The zero-order valence-electron chi connectivity index (χ0n) is 10.6. The van der Waals surface area contributed by atoms with E-state index in [0.29, 0.717) is 11.3 Å². The molecule has 0 saturated carbocycles. The fraction of sp³-hybridized carbons (Fsp3) is 0.143. The molecule has 0 atom stereocenters. The lowest BCUT2D eigenvalue weighted by atomic mass is 10.2. The highest BCUT2D eigenvalue weighted by Crippen LogP contribution is 2.29. The van der Waals surface area contributed by atoms with Gasteiger partial charge in [-0.25, -0.2) is 0 Å². The first-order chi connectivity index (χ1) is 9.85. The maximum Gasteiger partial charge on any atom is 0.573 e. The van der Waals surface area contributed by atoms with E-state index in [-0.39, 0.29) is 23.1 Å². The van der Waals surface area contributed by atoms with Crippen molar-refractivity contribution in [1.29, 1.82) is 0 Å². The van der Waals surface area contributed by atoms with Crippen LogP contribution >= 0.6 is 11.6 Å². The van der Waals surface area contributed by atoms with Gasteiger partial charge < -0.3 is 15.2 Å². The van der Waals surface area contributed by atoms with Crippen molar-refractivity contribution >= 4 is 17.3 Å². The fourth-order valence-corrected chi connectivity index (χ4v) is 1.87. The Hall–Kier alpha value is -2.08. The van der Waals surface area contributed by atoms with Crippen LogP contribution in [-0.4, -0.2) is 11.5 Å². The Labute approximate surface area is 123 Å². The number of benzene rings is 2. The van der Waals surface area contributed by atoms with Gasteiger partial charge >= 0.3 is 6.36 Å². The van der Waals surface area contributed by atoms with E-state index in [9.17, 15) is 18.3 Å². The van der Waals surface area contributed by atoms with Crippen LogP contribution < -0.4 is 10.1 Å². The maximum absolute atomic E-state index is 12.3. The highest BCUT2D eigenvalue weighted by Gasteiger charge is 2.31. The molecule has 0 saturated heterocycles. The number of hydrogen-bond acceptors (Lipinski definition) is 3. The summed E-state index contributed by atoms with van der Waals surface area (Å²) in [5, 5.41) is 12.4. The van der Waals surface area contributed by atoms with Gasteiger partial charge in [0.2, 0.25) is 0 Å². The Balaban J connectivity index is 2.11. The molecule has 2 N–H and O–H groups in total. The summed E-state index contributed by atoms with van der Waals surface area (Å²) in [5.74, 6) is -0.328. The molecule has 0 aliphatic rings. The van der Waals surface area contributed by atoms with Gasteiger partial charge in [0.15, 0.2) is 0 Å². The minimum Gasteiger partial charge on any atom is -0.506 e. The van der Waals surface area contributed by atoms with E-state index < -0.39 is 6.36 Å². The van der Waals surface area contributed by atoms with Crippen LogP contribution in [-0.2, 0) is 6.54 Å². The molecule has 0 amide bonds. The Morgan fingerprint density at radius 2 is 1.86 bits per heavy atom. The summed E-state index contributed by atoms with van der Waals surface area (Å²) < 4.78 is 40.8. The molecule has 2 rings (SSSR count). The number of alkyl halides is 3. The molecule has 0 fully saturated rings. The number of ether oxygens (including phenoxy) is 1. The zero-order valence-corrected chi connectivity index (χ0v) is 11.4. The van der Waals surface area contributed by atoms with Gasteiger partial charge in [-0.15, -0.1) is 13.2 Å². The van der Waals surface area contributed by atoms with Crippen molar-refractivity contribution in [2.45, 2.75) is 12.9 Å². The first-order valence-corrected chi connectivity index (χ1v) is 6.29. The number of phenols is 1. The molecule has 0 unspecified atom stereocenters. The highest BCUT2D eigenvalue weighted by molar-refractivity contribution is 6.32. The van der Waals surface area contributed by atoms with E-state index in [1.807, 2.05) is 0 Å². The van der Waals surface area contributed by atoms with Crippen molar-refractivity contribution in [3.8, 4) is 11.5 Å². The van der Waals surface area contributed by atoms with Gasteiger partial charge in [-0.3, -0.25) is 0 Å². The number of anilines is 1. The molecule has 2 aromatic carbocycles. The summed E-state index contributed by atoms with van der Waals surface area (Å²) in [7, 11) is 0. The largest absolute Gasteiger partial charge is 0.573 e. The van der Waals surface area contributed by atoms with E-state index in [1.165, 1.54) is 30.3 Å². The molecule has 0 heterocycles. The molecule has 21 heavy (non-hydrogen) atoms. The summed E-state index contributed by atoms with van der Waals surface area (Å²) in [6.07, 6.45) is -4.74. The van der Waals surface area contributed by atoms with Gasteiger partial charge in [0.25, 0.3) is 0 Å².